The van der Waals surface area contributed by atoms with Crippen LogP contribution in [0, 0.1) is 5.92 Å². The van der Waals surface area contributed by atoms with Crippen molar-refractivity contribution in [2.24, 2.45) is 5.92 Å². The van der Waals surface area contributed by atoms with Gasteiger partial charge in [-0.2, -0.15) is 0 Å². The average Bonchev–Trinajstić information content (AvgIpc) is 2.82. The van der Waals surface area contributed by atoms with Crippen LogP contribution in [0.4, 0.5) is 0 Å². The van der Waals surface area contributed by atoms with Gasteiger partial charge in [0.1, 0.15) is 0 Å². The summed E-state index contributed by atoms with van der Waals surface area (Å²) in [6, 6.07) is 0.382. The summed E-state index contributed by atoms with van der Waals surface area (Å²) in [7, 11) is 0. The lowest BCUT2D eigenvalue weighted by Crippen LogP contribution is -2.38. The Hall–Kier alpha value is -0.120. The van der Waals surface area contributed by atoms with Gasteiger partial charge in [-0.3, -0.25) is 0 Å². The van der Waals surface area contributed by atoms with E-state index in [1.165, 1.54) is 12.8 Å². The molecule has 3 heteroatoms. The highest BCUT2D eigenvalue weighted by molar-refractivity contribution is 4.86. The summed E-state index contributed by atoms with van der Waals surface area (Å²) in [5.74, 6) is 0.699. The molecule has 0 radical (unpaired) electrons. The molecule has 0 spiro atoms. The van der Waals surface area contributed by atoms with Crippen molar-refractivity contribution >= 4 is 0 Å². The molecule has 1 fully saturated rings. The SMILES string of the molecule is CC(C)NC[C@H](O)C[C@@](C)(O)CC1CC1. The van der Waals surface area contributed by atoms with Gasteiger partial charge in [0.15, 0.2) is 0 Å². The Morgan fingerprint density at radius 2 is 2.00 bits per heavy atom. The highest BCUT2D eigenvalue weighted by Gasteiger charge is 2.33. The van der Waals surface area contributed by atoms with Gasteiger partial charge in [-0.05, 0) is 19.3 Å². The van der Waals surface area contributed by atoms with E-state index < -0.39 is 11.7 Å². The molecule has 0 aromatic rings. The number of hydrogen-bond acceptors (Lipinski definition) is 3. The lowest BCUT2D eigenvalue weighted by molar-refractivity contribution is -0.00644. The molecular formula is C12H25NO2. The number of aliphatic hydroxyl groups is 2. The molecule has 3 nitrogen and oxygen atoms in total. The van der Waals surface area contributed by atoms with Crippen LogP contribution in [0.3, 0.4) is 0 Å². The van der Waals surface area contributed by atoms with E-state index in [0.717, 1.165) is 6.42 Å². The van der Waals surface area contributed by atoms with Crippen LogP contribution in [0.2, 0.25) is 0 Å². The van der Waals surface area contributed by atoms with Gasteiger partial charge in [-0.1, -0.05) is 26.7 Å². The maximum absolute atomic E-state index is 10.1. The van der Waals surface area contributed by atoms with Gasteiger partial charge >= 0.3 is 0 Å². The molecule has 0 aliphatic heterocycles. The molecule has 1 aliphatic carbocycles. The van der Waals surface area contributed by atoms with Crippen LogP contribution < -0.4 is 5.32 Å². The minimum absolute atomic E-state index is 0.382. The van der Waals surface area contributed by atoms with Crippen molar-refractivity contribution in [1.29, 1.82) is 0 Å². The summed E-state index contributed by atoms with van der Waals surface area (Å²) in [6.07, 6.45) is 3.36. The van der Waals surface area contributed by atoms with Crippen molar-refractivity contribution < 1.29 is 10.2 Å². The molecule has 0 saturated heterocycles. The van der Waals surface area contributed by atoms with Crippen LogP contribution in [0.1, 0.15) is 46.5 Å². The lowest BCUT2D eigenvalue weighted by Gasteiger charge is -2.26. The fourth-order valence-electron chi connectivity index (χ4n) is 1.98. The molecule has 2 atom stereocenters. The molecule has 3 N–H and O–H groups in total. The van der Waals surface area contributed by atoms with E-state index in [4.69, 9.17) is 0 Å². The molecular weight excluding hydrogens is 190 g/mol. The summed E-state index contributed by atoms with van der Waals surface area (Å²) < 4.78 is 0. The third-order valence-electron chi connectivity index (χ3n) is 2.86. The van der Waals surface area contributed by atoms with Crippen LogP contribution in [0.5, 0.6) is 0 Å². The van der Waals surface area contributed by atoms with Gasteiger partial charge in [0.05, 0.1) is 11.7 Å². The van der Waals surface area contributed by atoms with E-state index in [0.29, 0.717) is 24.9 Å². The zero-order valence-corrected chi connectivity index (χ0v) is 10.2. The van der Waals surface area contributed by atoms with Gasteiger partial charge in [-0.25, -0.2) is 0 Å². The van der Waals surface area contributed by atoms with Crippen LogP contribution in [-0.2, 0) is 0 Å². The Kier molecular flexibility index (Phi) is 4.56. The second-order valence-electron chi connectivity index (χ2n) is 5.57. The van der Waals surface area contributed by atoms with E-state index in [1.807, 2.05) is 6.92 Å². The fourth-order valence-corrected chi connectivity index (χ4v) is 1.98. The minimum atomic E-state index is -0.695. The van der Waals surface area contributed by atoms with E-state index in [-0.39, 0.29) is 0 Å². The van der Waals surface area contributed by atoms with Crippen LogP contribution in [0.15, 0.2) is 0 Å². The van der Waals surface area contributed by atoms with Crippen molar-refractivity contribution in [2.45, 2.75) is 64.2 Å². The Bertz CT molecular complexity index is 188. The summed E-state index contributed by atoms with van der Waals surface area (Å²) in [4.78, 5) is 0. The highest BCUT2D eigenvalue weighted by atomic mass is 16.3. The molecule has 0 aromatic heterocycles. The number of aliphatic hydroxyl groups excluding tert-OH is 1. The topological polar surface area (TPSA) is 52.5 Å². The van der Waals surface area contributed by atoms with Gasteiger partial charge in [0.2, 0.25) is 0 Å². The summed E-state index contributed by atoms with van der Waals surface area (Å²) >= 11 is 0. The Labute approximate surface area is 92.9 Å². The Morgan fingerprint density at radius 3 is 2.47 bits per heavy atom. The molecule has 15 heavy (non-hydrogen) atoms. The molecule has 0 amide bonds. The molecule has 0 aromatic carbocycles. The first-order valence-corrected chi connectivity index (χ1v) is 6.03. The predicted molar refractivity (Wildman–Crippen MR) is 61.7 cm³/mol. The molecule has 1 saturated carbocycles. The normalized spacial score (nSPS) is 22.8. The monoisotopic (exact) mass is 215 g/mol. The third kappa shape index (κ3) is 6.13. The van der Waals surface area contributed by atoms with Crippen molar-refractivity contribution in [3.05, 3.63) is 0 Å². The zero-order valence-electron chi connectivity index (χ0n) is 10.2. The molecule has 0 bridgehead atoms. The maximum Gasteiger partial charge on any atom is 0.0691 e. The van der Waals surface area contributed by atoms with Crippen molar-refractivity contribution in [2.75, 3.05) is 6.54 Å². The molecule has 1 aliphatic rings. The number of hydrogen-bond donors (Lipinski definition) is 3. The molecule has 90 valence electrons. The van der Waals surface area contributed by atoms with Crippen molar-refractivity contribution in [3.63, 3.8) is 0 Å². The van der Waals surface area contributed by atoms with E-state index in [2.05, 4.69) is 19.2 Å². The van der Waals surface area contributed by atoms with Crippen LogP contribution in [-0.4, -0.2) is 34.5 Å². The fraction of sp³-hybridized carbons (Fsp3) is 1.00. The van der Waals surface area contributed by atoms with Crippen LogP contribution in [0.25, 0.3) is 0 Å². The first kappa shape index (κ1) is 12.9. The predicted octanol–water partition coefficient (Wildman–Crippen LogP) is 1.29. The number of rotatable bonds is 7. The molecule has 0 unspecified atom stereocenters. The van der Waals surface area contributed by atoms with Gasteiger partial charge in [0, 0.05) is 19.0 Å². The highest BCUT2D eigenvalue weighted by Crippen LogP contribution is 2.38. The molecule has 1 rings (SSSR count). The summed E-state index contributed by atoms with van der Waals surface area (Å²) in [5, 5.41) is 23.0. The maximum atomic E-state index is 10.1. The largest absolute Gasteiger partial charge is 0.392 e. The Balaban J connectivity index is 2.18. The second kappa shape index (κ2) is 5.28. The molecule has 0 heterocycles. The van der Waals surface area contributed by atoms with Crippen molar-refractivity contribution in [1.82, 2.24) is 5.32 Å². The smallest absolute Gasteiger partial charge is 0.0691 e. The standard InChI is InChI=1S/C12H25NO2/c1-9(2)13-8-11(14)7-12(3,15)6-10-4-5-10/h9-11,13-15H,4-8H2,1-3H3/t11-,12+/m1/s1. The first-order valence-electron chi connectivity index (χ1n) is 6.03. The van der Waals surface area contributed by atoms with Gasteiger partial charge in [-0.15, -0.1) is 0 Å². The van der Waals surface area contributed by atoms with E-state index in [9.17, 15) is 10.2 Å². The lowest BCUT2D eigenvalue weighted by atomic mass is 9.92. The summed E-state index contributed by atoms with van der Waals surface area (Å²) in [5.41, 5.74) is -0.695. The first-order chi connectivity index (χ1) is 6.89. The number of nitrogens with one attached hydrogen (secondary N) is 1. The van der Waals surface area contributed by atoms with Gasteiger partial charge in [0.25, 0.3) is 0 Å². The van der Waals surface area contributed by atoms with Crippen LogP contribution >= 0.6 is 0 Å². The zero-order chi connectivity index (χ0) is 11.5. The average molecular weight is 215 g/mol. The van der Waals surface area contributed by atoms with E-state index in [1.54, 1.807) is 0 Å². The van der Waals surface area contributed by atoms with Crippen molar-refractivity contribution in [3.8, 4) is 0 Å². The quantitative estimate of drug-likeness (QED) is 0.600. The van der Waals surface area contributed by atoms with Gasteiger partial charge < -0.3 is 15.5 Å². The third-order valence-corrected chi connectivity index (χ3v) is 2.86. The second-order valence-corrected chi connectivity index (χ2v) is 5.57. The summed E-state index contributed by atoms with van der Waals surface area (Å²) in [6.45, 7) is 6.51. The Morgan fingerprint density at radius 1 is 1.40 bits per heavy atom. The minimum Gasteiger partial charge on any atom is -0.392 e. The van der Waals surface area contributed by atoms with E-state index >= 15 is 0 Å².